The number of benzene rings is 1. The molecule has 3 amide bonds. The molecule has 0 bridgehead atoms. The minimum Gasteiger partial charge on any atom is -0.336 e. The summed E-state index contributed by atoms with van der Waals surface area (Å²) in [6.45, 7) is 14.6. The summed E-state index contributed by atoms with van der Waals surface area (Å²) in [5.41, 5.74) is 1.83. The zero-order valence-corrected chi connectivity index (χ0v) is 17.8. The lowest BCUT2D eigenvalue weighted by Gasteiger charge is -2.20. The zero-order valence-electron chi connectivity index (χ0n) is 17.8. The molecular weight excluding hydrogens is 402 g/mol. The van der Waals surface area contributed by atoms with E-state index in [-0.39, 0.29) is 0 Å². The summed E-state index contributed by atoms with van der Waals surface area (Å²) in [6, 6.07) is 5.23. The molecule has 0 saturated heterocycles. The molecular formula is C26H27N3O3. The Hall–Kier alpha value is -4.45. The second kappa shape index (κ2) is 14.5. The Morgan fingerprint density at radius 3 is 2.03 bits per heavy atom. The minimum absolute atomic E-state index is 0.318. The van der Waals surface area contributed by atoms with Crippen molar-refractivity contribution < 1.29 is 14.4 Å². The maximum Gasteiger partial charge on any atom is 0.252 e. The molecule has 164 valence electrons. The molecule has 3 N–H and O–H groups in total. The minimum atomic E-state index is -1.03. The molecule has 0 spiro atoms. The Kier molecular flexibility index (Phi) is 11.6. The third-order valence-electron chi connectivity index (χ3n) is 3.96. The molecule has 1 unspecified atom stereocenters. The highest BCUT2D eigenvalue weighted by molar-refractivity contribution is 5.99. The number of carbonyl (C=O) groups excluding carboxylic acids is 3. The number of allylic oxidation sites excluding steroid dienone is 9. The molecule has 1 aromatic rings. The SMILES string of the molecule is C=C/C=C\C(=C/C=C)NC(=O)C(NC(=O)c1ccc(NC=O)cc1)C(/C=C\C=C)=C/C=C. The van der Waals surface area contributed by atoms with Gasteiger partial charge in [0.25, 0.3) is 11.8 Å². The number of nitrogens with one attached hydrogen (secondary N) is 3. The lowest BCUT2D eigenvalue weighted by Crippen LogP contribution is -2.47. The first-order valence-electron chi connectivity index (χ1n) is 9.66. The number of hydrogen-bond acceptors (Lipinski definition) is 3. The summed E-state index contributed by atoms with van der Waals surface area (Å²) in [7, 11) is 0. The highest BCUT2D eigenvalue weighted by Gasteiger charge is 2.24. The van der Waals surface area contributed by atoms with E-state index >= 15 is 0 Å². The number of carbonyl (C=O) groups is 3. The predicted molar refractivity (Wildman–Crippen MR) is 131 cm³/mol. The molecule has 32 heavy (non-hydrogen) atoms. The van der Waals surface area contributed by atoms with Gasteiger partial charge in [0.15, 0.2) is 0 Å². The van der Waals surface area contributed by atoms with Crippen molar-refractivity contribution in [2.75, 3.05) is 5.32 Å². The normalized spacial score (nSPS) is 12.6. The predicted octanol–water partition coefficient (Wildman–Crippen LogP) is 4.14. The first-order valence-corrected chi connectivity index (χ1v) is 9.66. The highest BCUT2D eigenvalue weighted by atomic mass is 16.2. The summed E-state index contributed by atoms with van der Waals surface area (Å²) < 4.78 is 0. The molecule has 0 fully saturated rings. The van der Waals surface area contributed by atoms with Crippen LogP contribution in [-0.4, -0.2) is 24.3 Å². The van der Waals surface area contributed by atoms with E-state index in [1.807, 2.05) is 0 Å². The number of rotatable bonds is 13. The average Bonchev–Trinajstić information content (AvgIpc) is 2.79. The van der Waals surface area contributed by atoms with Crippen LogP contribution in [0.25, 0.3) is 0 Å². The van der Waals surface area contributed by atoms with Crippen molar-refractivity contribution in [1.29, 1.82) is 0 Å². The first-order chi connectivity index (χ1) is 15.5. The van der Waals surface area contributed by atoms with E-state index < -0.39 is 17.9 Å². The Balaban J connectivity index is 3.27. The maximum absolute atomic E-state index is 13.1. The van der Waals surface area contributed by atoms with Crippen LogP contribution in [0, 0.1) is 0 Å². The molecule has 6 heteroatoms. The van der Waals surface area contributed by atoms with Crippen molar-refractivity contribution in [3.05, 3.63) is 128 Å². The Morgan fingerprint density at radius 2 is 1.47 bits per heavy atom. The molecule has 1 rings (SSSR count). The van der Waals surface area contributed by atoms with Gasteiger partial charge in [-0.05, 0) is 42.0 Å². The van der Waals surface area contributed by atoms with E-state index in [4.69, 9.17) is 0 Å². The maximum atomic E-state index is 13.1. The monoisotopic (exact) mass is 429 g/mol. The van der Waals surface area contributed by atoms with Gasteiger partial charge >= 0.3 is 0 Å². The standard InChI is InChI=1S/C26H27N3O3/c1-5-9-13-20(11-7-3)24(26(32)28-23(12-8-4)14-10-6-2)29-25(31)21-15-17-22(18-16-21)27-19-30/h5-19,24H,1-4H2,(H,27,30)(H,28,32)(H,29,31)/b13-9-,14-10-,20-11+,23-12+. The van der Waals surface area contributed by atoms with Gasteiger partial charge in [-0.2, -0.15) is 0 Å². The molecule has 1 aromatic carbocycles. The van der Waals surface area contributed by atoms with Gasteiger partial charge in [-0.3, -0.25) is 14.4 Å². The zero-order chi connectivity index (χ0) is 23.8. The van der Waals surface area contributed by atoms with E-state index in [2.05, 4.69) is 42.3 Å². The Labute approximate surface area is 188 Å². The lowest BCUT2D eigenvalue weighted by molar-refractivity contribution is -0.121. The third-order valence-corrected chi connectivity index (χ3v) is 3.96. The second-order valence-corrected chi connectivity index (χ2v) is 6.18. The van der Waals surface area contributed by atoms with E-state index in [1.165, 1.54) is 12.2 Å². The number of amides is 3. The van der Waals surface area contributed by atoms with Gasteiger partial charge in [-0.15, -0.1) is 0 Å². The fraction of sp³-hybridized carbons (Fsp3) is 0.0385. The van der Waals surface area contributed by atoms with Crippen molar-refractivity contribution in [1.82, 2.24) is 10.6 Å². The third kappa shape index (κ3) is 8.51. The summed E-state index contributed by atoms with van der Waals surface area (Å²) in [4.78, 5) is 36.5. The summed E-state index contributed by atoms with van der Waals surface area (Å²) in [6.07, 6.45) is 16.6. The topological polar surface area (TPSA) is 87.3 Å². The van der Waals surface area contributed by atoms with Crippen LogP contribution in [0.2, 0.25) is 0 Å². The smallest absolute Gasteiger partial charge is 0.252 e. The van der Waals surface area contributed by atoms with E-state index in [0.717, 1.165) is 0 Å². The average molecular weight is 430 g/mol. The Morgan fingerprint density at radius 1 is 0.844 bits per heavy atom. The van der Waals surface area contributed by atoms with Gasteiger partial charge in [0, 0.05) is 16.9 Å². The Bertz CT molecular complexity index is 980. The number of hydrogen-bond donors (Lipinski definition) is 3. The van der Waals surface area contributed by atoms with Gasteiger partial charge in [-0.25, -0.2) is 0 Å². The van der Waals surface area contributed by atoms with Crippen molar-refractivity contribution in [2.45, 2.75) is 6.04 Å². The molecule has 0 aliphatic heterocycles. The summed E-state index contributed by atoms with van der Waals surface area (Å²) >= 11 is 0. The van der Waals surface area contributed by atoms with Crippen molar-refractivity contribution in [2.24, 2.45) is 0 Å². The number of anilines is 1. The molecule has 0 saturated carbocycles. The van der Waals surface area contributed by atoms with Crippen LogP contribution < -0.4 is 16.0 Å². The fourth-order valence-electron chi connectivity index (χ4n) is 2.52. The molecule has 6 nitrogen and oxygen atoms in total. The molecule has 1 atom stereocenters. The fourth-order valence-corrected chi connectivity index (χ4v) is 2.52. The van der Waals surface area contributed by atoms with E-state index in [0.29, 0.717) is 28.9 Å². The van der Waals surface area contributed by atoms with Crippen LogP contribution >= 0.6 is 0 Å². The molecule has 0 aromatic heterocycles. The molecule has 0 aliphatic carbocycles. The van der Waals surface area contributed by atoms with Crippen molar-refractivity contribution >= 4 is 23.9 Å². The lowest BCUT2D eigenvalue weighted by atomic mass is 10.0. The van der Waals surface area contributed by atoms with Gasteiger partial charge in [0.2, 0.25) is 6.41 Å². The van der Waals surface area contributed by atoms with Gasteiger partial charge in [0.05, 0.1) is 0 Å². The van der Waals surface area contributed by atoms with Crippen LogP contribution in [0.5, 0.6) is 0 Å². The van der Waals surface area contributed by atoms with Crippen LogP contribution in [-0.2, 0) is 9.59 Å². The molecule has 0 heterocycles. The van der Waals surface area contributed by atoms with Gasteiger partial charge in [-0.1, -0.05) is 74.9 Å². The largest absolute Gasteiger partial charge is 0.336 e. The van der Waals surface area contributed by atoms with Crippen LogP contribution in [0.3, 0.4) is 0 Å². The first kappa shape index (κ1) is 25.6. The second-order valence-electron chi connectivity index (χ2n) is 6.18. The summed E-state index contributed by atoms with van der Waals surface area (Å²) in [5.74, 6) is -0.943. The van der Waals surface area contributed by atoms with Crippen LogP contribution in [0.4, 0.5) is 5.69 Å². The molecule has 0 aliphatic rings. The van der Waals surface area contributed by atoms with Crippen LogP contribution in [0.15, 0.2) is 123 Å². The highest BCUT2D eigenvalue weighted by Crippen LogP contribution is 2.12. The van der Waals surface area contributed by atoms with Crippen molar-refractivity contribution in [3.63, 3.8) is 0 Å². The summed E-state index contributed by atoms with van der Waals surface area (Å²) in [5, 5.41) is 8.01. The quantitative estimate of drug-likeness (QED) is 0.325. The molecule has 0 radical (unpaired) electrons. The van der Waals surface area contributed by atoms with Gasteiger partial charge in [0.1, 0.15) is 6.04 Å². The van der Waals surface area contributed by atoms with E-state index in [9.17, 15) is 14.4 Å². The van der Waals surface area contributed by atoms with Gasteiger partial charge < -0.3 is 16.0 Å². The van der Waals surface area contributed by atoms with Crippen LogP contribution in [0.1, 0.15) is 10.4 Å². The van der Waals surface area contributed by atoms with Crippen molar-refractivity contribution in [3.8, 4) is 0 Å². The van der Waals surface area contributed by atoms with E-state index in [1.54, 1.807) is 72.9 Å².